The molecule has 0 spiro atoms. The monoisotopic (exact) mass is 192 g/mol. The molecule has 0 aromatic rings. The number of hydrogen-bond acceptors (Lipinski definition) is 1. The second-order valence-electron chi connectivity index (χ2n) is 2.07. The van der Waals surface area contributed by atoms with E-state index in [2.05, 4.69) is 22.5 Å². The van der Waals surface area contributed by atoms with E-state index < -0.39 is 0 Å². The predicted octanol–water partition coefficient (Wildman–Crippen LogP) is 3.01. The lowest BCUT2D eigenvalue weighted by Gasteiger charge is -1.95. The Morgan fingerprint density at radius 2 is 2.00 bits per heavy atom. The molecule has 9 heavy (non-hydrogen) atoms. The zero-order chi connectivity index (χ0) is 7.11. The summed E-state index contributed by atoms with van der Waals surface area (Å²) in [5.41, 5.74) is 0. The molecule has 0 fully saturated rings. The third-order valence-corrected chi connectivity index (χ3v) is 1.66. The van der Waals surface area contributed by atoms with Gasteiger partial charge < -0.3 is 5.11 Å². The van der Waals surface area contributed by atoms with E-state index in [1.54, 1.807) is 0 Å². The fourth-order valence-corrected chi connectivity index (χ4v) is 0.997. The summed E-state index contributed by atoms with van der Waals surface area (Å²) >= 11 is 3.33. The molecule has 0 bridgehead atoms. The van der Waals surface area contributed by atoms with E-state index in [9.17, 15) is 0 Å². The first-order chi connectivity index (χ1) is 4.27. The van der Waals surface area contributed by atoms with E-state index in [1.165, 1.54) is 12.8 Å². The third kappa shape index (κ3) is 8.02. The number of hydrogen-bond donors (Lipinski definition) is 1. The van der Waals surface area contributed by atoms with E-state index in [-0.39, 0.29) is 0 Å². The first-order valence-corrected chi connectivity index (χ1v) is 4.32. The van der Waals surface area contributed by atoms with E-state index in [1.807, 2.05) is 0 Å². The summed E-state index contributed by atoms with van der Waals surface area (Å²) < 4.78 is 0. The topological polar surface area (TPSA) is 20.2 Å². The third-order valence-electron chi connectivity index (χ3n) is 1.10. The quantitative estimate of drug-likeness (QED) is 0.404. The van der Waals surface area contributed by atoms with E-state index in [0.29, 0.717) is 5.76 Å². The highest BCUT2D eigenvalue weighted by Gasteiger charge is 1.89. The summed E-state index contributed by atoms with van der Waals surface area (Å²) in [6.07, 6.45) is 4.17. The van der Waals surface area contributed by atoms with Gasteiger partial charge in [-0.2, -0.15) is 0 Å². The highest BCUT2D eigenvalue weighted by atomic mass is 79.9. The first-order valence-electron chi connectivity index (χ1n) is 3.20. The number of rotatable bonds is 5. The van der Waals surface area contributed by atoms with Crippen molar-refractivity contribution in [3.63, 3.8) is 0 Å². The van der Waals surface area contributed by atoms with Gasteiger partial charge in [-0.15, -0.1) is 0 Å². The minimum absolute atomic E-state index is 0.310. The molecule has 0 aromatic carbocycles. The Morgan fingerprint density at radius 3 is 2.44 bits per heavy atom. The molecule has 0 heterocycles. The number of aliphatic hydroxyl groups is 1. The Labute approximate surface area is 64.9 Å². The standard InChI is InChI=1S/C7H13BrO/c1-7(9)5-3-2-4-6-8/h9H,1-6H2. The molecule has 0 unspecified atom stereocenters. The maximum atomic E-state index is 8.65. The van der Waals surface area contributed by atoms with Gasteiger partial charge in [-0.05, 0) is 12.8 Å². The molecule has 0 atom stereocenters. The largest absolute Gasteiger partial charge is 0.513 e. The van der Waals surface area contributed by atoms with Crippen molar-refractivity contribution in [1.29, 1.82) is 0 Å². The van der Waals surface area contributed by atoms with Crippen LogP contribution >= 0.6 is 15.9 Å². The average Bonchev–Trinajstić information content (AvgIpc) is 1.80. The second-order valence-corrected chi connectivity index (χ2v) is 2.86. The molecule has 2 heteroatoms. The van der Waals surface area contributed by atoms with Crippen LogP contribution in [0.3, 0.4) is 0 Å². The fourth-order valence-electron chi connectivity index (χ4n) is 0.600. The molecular weight excluding hydrogens is 180 g/mol. The Bertz CT molecular complexity index is 81.0. The van der Waals surface area contributed by atoms with Crippen LogP contribution in [0, 0.1) is 0 Å². The maximum Gasteiger partial charge on any atom is 0.0851 e. The molecule has 0 aromatic heterocycles. The first kappa shape index (κ1) is 9.02. The van der Waals surface area contributed by atoms with Crippen molar-refractivity contribution in [1.82, 2.24) is 0 Å². The van der Waals surface area contributed by atoms with Gasteiger partial charge in [-0.3, -0.25) is 0 Å². The normalized spacial score (nSPS) is 9.44. The van der Waals surface area contributed by atoms with Gasteiger partial charge >= 0.3 is 0 Å². The number of unbranched alkanes of at least 4 members (excludes halogenated alkanes) is 2. The summed E-state index contributed by atoms with van der Waals surface area (Å²) in [5, 5.41) is 9.71. The molecule has 0 aliphatic rings. The number of allylic oxidation sites excluding steroid dienone is 1. The molecule has 0 rings (SSSR count). The van der Waals surface area contributed by atoms with Crippen LogP contribution in [-0.4, -0.2) is 10.4 Å². The SMILES string of the molecule is C=C(O)CCCCCBr. The highest BCUT2D eigenvalue weighted by molar-refractivity contribution is 9.09. The Balaban J connectivity index is 2.83. The molecule has 0 radical (unpaired) electrons. The van der Waals surface area contributed by atoms with Gasteiger partial charge in [0.1, 0.15) is 0 Å². The van der Waals surface area contributed by atoms with Crippen molar-refractivity contribution in [2.45, 2.75) is 25.7 Å². The average molecular weight is 193 g/mol. The molecule has 54 valence electrons. The number of alkyl halides is 1. The smallest absolute Gasteiger partial charge is 0.0851 e. The molecule has 1 N–H and O–H groups in total. The Morgan fingerprint density at radius 1 is 1.33 bits per heavy atom. The van der Waals surface area contributed by atoms with Crippen LogP contribution in [-0.2, 0) is 0 Å². The van der Waals surface area contributed by atoms with Crippen molar-refractivity contribution in [3.05, 3.63) is 12.3 Å². The molecule has 0 saturated heterocycles. The van der Waals surface area contributed by atoms with Crippen LogP contribution in [0.25, 0.3) is 0 Å². The molecule has 0 aliphatic carbocycles. The minimum Gasteiger partial charge on any atom is -0.513 e. The van der Waals surface area contributed by atoms with Gasteiger partial charge in [0.25, 0.3) is 0 Å². The lowest BCUT2D eigenvalue weighted by atomic mass is 10.2. The predicted molar refractivity (Wildman–Crippen MR) is 44.0 cm³/mol. The van der Waals surface area contributed by atoms with E-state index in [0.717, 1.165) is 18.2 Å². The molecule has 1 nitrogen and oxygen atoms in total. The van der Waals surface area contributed by atoms with Crippen LogP contribution in [0.1, 0.15) is 25.7 Å². The van der Waals surface area contributed by atoms with Crippen molar-refractivity contribution in [2.75, 3.05) is 5.33 Å². The summed E-state index contributed by atoms with van der Waals surface area (Å²) in [7, 11) is 0. The van der Waals surface area contributed by atoms with Crippen molar-refractivity contribution in [2.24, 2.45) is 0 Å². The zero-order valence-electron chi connectivity index (χ0n) is 5.57. The van der Waals surface area contributed by atoms with Gasteiger partial charge in [0.15, 0.2) is 0 Å². The van der Waals surface area contributed by atoms with E-state index in [4.69, 9.17) is 5.11 Å². The van der Waals surface area contributed by atoms with Gasteiger partial charge in [0.05, 0.1) is 5.76 Å². The highest BCUT2D eigenvalue weighted by Crippen LogP contribution is 2.05. The van der Waals surface area contributed by atoms with Crippen molar-refractivity contribution < 1.29 is 5.11 Å². The minimum atomic E-state index is 0.310. The van der Waals surface area contributed by atoms with E-state index >= 15 is 0 Å². The van der Waals surface area contributed by atoms with Crippen molar-refractivity contribution in [3.8, 4) is 0 Å². The maximum absolute atomic E-state index is 8.65. The molecule has 0 saturated carbocycles. The molecule has 0 amide bonds. The Hall–Kier alpha value is 0.0200. The van der Waals surface area contributed by atoms with Crippen LogP contribution < -0.4 is 0 Å². The lowest BCUT2D eigenvalue weighted by Crippen LogP contribution is -1.80. The summed E-state index contributed by atoms with van der Waals surface area (Å²) in [6, 6.07) is 0. The van der Waals surface area contributed by atoms with Crippen LogP contribution in [0.5, 0.6) is 0 Å². The van der Waals surface area contributed by atoms with Crippen LogP contribution in [0.2, 0.25) is 0 Å². The van der Waals surface area contributed by atoms with Crippen molar-refractivity contribution >= 4 is 15.9 Å². The zero-order valence-corrected chi connectivity index (χ0v) is 7.15. The number of halogens is 1. The second kappa shape index (κ2) is 6.14. The Kier molecular flexibility index (Phi) is 6.16. The van der Waals surface area contributed by atoms with Gasteiger partial charge in [-0.1, -0.05) is 28.9 Å². The number of aliphatic hydroxyl groups excluding tert-OH is 1. The van der Waals surface area contributed by atoms with Crippen LogP contribution in [0.4, 0.5) is 0 Å². The van der Waals surface area contributed by atoms with Gasteiger partial charge in [0.2, 0.25) is 0 Å². The summed E-state index contributed by atoms with van der Waals surface area (Å²) in [5.74, 6) is 0.310. The summed E-state index contributed by atoms with van der Waals surface area (Å²) in [6.45, 7) is 3.40. The van der Waals surface area contributed by atoms with Gasteiger partial charge in [-0.25, -0.2) is 0 Å². The van der Waals surface area contributed by atoms with Crippen LogP contribution in [0.15, 0.2) is 12.3 Å². The van der Waals surface area contributed by atoms with Gasteiger partial charge in [0, 0.05) is 11.8 Å². The fraction of sp³-hybridized carbons (Fsp3) is 0.714. The summed E-state index contributed by atoms with van der Waals surface area (Å²) in [4.78, 5) is 0. The molecular formula is C7H13BrO. The lowest BCUT2D eigenvalue weighted by molar-refractivity contribution is 0.384. The molecule has 0 aliphatic heterocycles.